The largest absolute Gasteiger partial charge is 0.490 e. The Balaban J connectivity index is 1.86. The van der Waals surface area contributed by atoms with Crippen LogP contribution in [0.25, 0.3) is 0 Å². The minimum atomic E-state index is -0.916. The Kier molecular flexibility index (Phi) is 8.51. The lowest BCUT2D eigenvalue weighted by Crippen LogP contribution is -2.29. The van der Waals surface area contributed by atoms with Crippen molar-refractivity contribution in [2.45, 2.75) is 26.9 Å². The van der Waals surface area contributed by atoms with Gasteiger partial charge in [0.25, 0.3) is 5.91 Å². The highest BCUT2D eigenvalue weighted by Crippen LogP contribution is 2.30. The van der Waals surface area contributed by atoms with Gasteiger partial charge < -0.3 is 24.3 Å². The van der Waals surface area contributed by atoms with E-state index >= 15 is 0 Å². The number of ether oxygens (including phenoxy) is 4. The molecule has 158 valence electrons. The van der Waals surface area contributed by atoms with Crippen molar-refractivity contribution in [3.05, 3.63) is 48.0 Å². The first kappa shape index (κ1) is 22.6. The number of amides is 1. The zero-order valence-corrected chi connectivity index (χ0v) is 17.1. The zero-order chi connectivity index (χ0) is 21.9. The average molecular weight is 412 g/mol. The maximum Gasteiger partial charge on any atom is 0.347 e. The first-order valence-electron chi connectivity index (χ1n) is 9.49. The second kappa shape index (κ2) is 11.3. The van der Waals surface area contributed by atoms with E-state index in [4.69, 9.17) is 24.2 Å². The van der Waals surface area contributed by atoms with E-state index in [-0.39, 0.29) is 0 Å². The average Bonchev–Trinajstić information content (AvgIpc) is 2.74. The Morgan fingerprint density at radius 2 is 1.70 bits per heavy atom. The summed E-state index contributed by atoms with van der Waals surface area (Å²) >= 11 is 0. The number of hydrogen-bond acceptors (Lipinski definition) is 7. The summed E-state index contributed by atoms with van der Waals surface area (Å²) in [5.74, 6) is 0.327. The molecule has 0 fully saturated rings. The van der Waals surface area contributed by atoms with Crippen molar-refractivity contribution in [2.24, 2.45) is 0 Å². The van der Waals surface area contributed by atoms with Gasteiger partial charge in [0.2, 0.25) is 0 Å². The molecule has 0 aliphatic carbocycles. The quantitative estimate of drug-likeness (QED) is 0.597. The normalized spacial score (nSPS) is 11.0. The summed E-state index contributed by atoms with van der Waals surface area (Å²) in [4.78, 5) is 24.2. The highest BCUT2D eigenvalue weighted by atomic mass is 16.6. The zero-order valence-electron chi connectivity index (χ0n) is 17.1. The van der Waals surface area contributed by atoms with Crippen LogP contribution in [0.2, 0.25) is 0 Å². The molecule has 0 spiro atoms. The van der Waals surface area contributed by atoms with Crippen molar-refractivity contribution < 1.29 is 28.5 Å². The van der Waals surface area contributed by atoms with Crippen LogP contribution in [0.3, 0.4) is 0 Å². The second-order valence-electron chi connectivity index (χ2n) is 6.08. The molecule has 8 heteroatoms. The smallest absolute Gasteiger partial charge is 0.347 e. The molecule has 1 amide bonds. The molecular formula is C22H24N2O6. The molecule has 0 heterocycles. The van der Waals surface area contributed by atoms with Gasteiger partial charge in [0, 0.05) is 11.8 Å². The third-order valence-electron chi connectivity index (χ3n) is 3.80. The number of carbonyl (C=O) groups is 2. The third-order valence-corrected chi connectivity index (χ3v) is 3.80. The van der Waals surface area contributed by atoms with Crippen LogP contribution in [0.4, 0.5) is 5.69 Å². The van der Waals surface area contributed by atoms with Crippen molar-refractivity contribution in [3.63, 3.8) is 0 Å². The first-order chi connectivity index (χ1) is 14.5. The van der Waals surface area contributed by atoms with Gasteiger partial charge in [-0.1, -0.05) is 0 Å². The molecule has 1 unspecified atom stereocenters. The van der Waals surface area contributed by atoms with Crippen molar-refractivity contribution in [1.29, 1.82) is 5.26 Å². The van der Waals surface area contributed by atoms with Gasteiger partial charge in [0.15, 0.2) is 24.2 Å². The Labute approximate surface area is 175 Å². The predicted octanol–water partition coefficient (Wildman–Crippen LogP) is 3.30. The molecule has 2 rings (SSSR count). The number of esters is 1. The van der Waals surface area contributed by atoms with Crippen LogP contribution in [0.15, 0.2) is 42.5 Å². The summed E-state index contributed by atoms with van der Waals surface area (Å²) in [6.07, 6.45) is -0.916. The maximum absolute atomic E-state index is 12.1. The molecule has 0 saturated carbocycles. The van der Waals surface area contributed by atoms with Gasteiger partial charge >= 0.3 is 5.97 Å². The predicted molar refractivity (Wildman–Crippen MR) is 110 cm³/mol. The molecule has 1 N–H and O–H groups in total. The second-order valence-corrected chi connectivity index (χ2v) is 6.08. The fraction of sp³-hybridized carbons (Fsp3) is 0.318. The Bertz CT molecular complexity index is 905. The molecule has 0 aliphatic rings. The minimum absolute atomic E-state index is 0.417. The molecule has 2 aromatic rings. The van der Waals surface area contributed by atoms with Crippen LogP contribution in [0, 0.1) is 11.3 Å². The van der Waals surface area contributed by atoms with Gasteiger partial charge in [0.05, 0.1) is 24.8 Å². The molecule has 0 bridgehead atoms. The topological polar surface area (TPSA) is 107 Å². The number of rotatable bonds is 10. The van der Waals surface area contributed by atoms with Crippen LogP contribution in [-0.2, 0) is 14.3 Å². The molecule has 0 saturated heterocycles. The number of benzene rings is 2. The third kappa shape index (κ3) is 6.71. The van der Waals surface area contributed by atoms with Crippen LogP contribution >= 0.6 is 0 Å². The Morgan fingerprint density at radius 1 is 1.03 bits per heavy atom. The standard InChI is InChI=1S/C22H24N2O6/c1-4-27-19-11-8-17(12-20(19)28-5-2)24-21(25)14-29-22(26)15(3)30-18-9-6-16(13-23)7-10-18/h6-12,15H,4-5,14H2,1-3H3,(H,24,25). The lowest BCUT2D eigenvalue weighted by molar-refractivity contribution is -0.153. The number of hydrogen-bond donors (Lipinski definition) is 1. The summed E-state index contributed by atoms with van der Waals surface area (Å²) in [5.41, 5.74) is 0.973. The molecule has 1 atom stereocenters. The van der Waals surface area contributed by atoms with Gasteiger partial charge in [-0.05, 0) is 57.2 Å². The summed E-state index contributed by atoms with van der Waals surface area (Å²) < 4.78 is 21.5. The van der Waals surface area contributed by atoms with E-state index in [1.807, 2.05) is 19.9 Å². The fourth-order valence-electron chi connectivity index (χ4n) is 2.44. The van der Waals surface area contributed by atoms with Gasteiger partial charge in [-0.2, -0.15) is 5.26 Å². The molecular weight excluding hydrogens is 388 g/mol. The summed E-state index contributed by atoms with van der Waals surface area (Å²) in [7, 11) is 0. The number of nitrogens with zero attached hydrogens (tertiary/aromatic N) is 1. The number of anilines is 1. The van der Waals surface area contributed by atoms with E-state index < -0.39 is 24.6 Å². The fourth-order valence-corrected chi connectivity index (χ4v) is 2.44. The molecule has 0 aliphatic heterocycles. The maximum atomic E-state index is 12.1. The SMILES string of the molecule is CCOc1ccc(NC(=O)COC(=O)C(C)Oc2ccc(C#N)cc2)cc1OCC. The highest BCUT2D eigenvalue weighted by molar-refractivity contribution is 5.93. The van der Waals surface area contributed by atoms with E-state index in [1.165, 1.54) is 6.92 Å². The van der Waals surface area contributed by atoms with Crippen molar-refractivity contribution >= 4 is 17.6 Å². The number of carbonyl (C=O) groups excluding carboxylic acids is 2. The number of nitriles is 1. The van der Waals surface area contributed by atoms with Crippen molar-refractivity contribution in [2.75, 3.05) is 25.1 Å². The van der Waals surface area contributed by atoms with Gasteiger partial charge in [-0.25, -0.2) is 4.79 Å². The molecule has 2 aromatic carbocycles. The lowest BCUT2D eigenvalue weighted by Gasteiger charge is -2.15. The summed E-state index contributed by atoms with van der Waals surface area (Å²) in [5, 5.41) is 11.4. The molecule has 30 heavy (non-hydrogen) atoms. The minimum Gasteiger partial charge on any atom is -0.490 e. The van der Waals surface area contributed by atoms with Crippen LogP contribution < -0.4 is 19.5 Å². The highest BCUT2D eigenvalue weighted by Gasteiger charge is 2.18. The molecule has 0 aromatic heterocycles. The van der Waals surface area contributed by atoms with E-state index in [0.717, 1.165) is 0 Å². The van der Waals surface area contributed by atoms with Gasteiger partial charge in [-0.3, -0.25) is 4.79 Å². The number of nitrogens with one attached hydrogen (secondary N) is 1. The Morgan fingerprint density at radius 3 is 2.33 bits per heavy atom. The van der Waals surface area contributed by atoms with Crippen LogP contribution in [0.5, 0.6) is 17.2 Å². The summed E-state index contributed by atoms with van der Waals surface area (Å²) in [6.45, 7) is 5.71. The van der Waals surface area contributed by atoms with E-state index in [9.17, 15) is 9.59 Å². The first-order valence-corrected chi connectivity index (χ1v) is 9.49. The lowest BCUT2D eigenvalue weighted by atomic mass is 10.2. The summed E-state index contributed by atoms with van der Waals surface area (Å²) in [6, 6.07) is 13.3. The van der Waals surface area contributed by atoms with E-state index in [1.54, 1.807) is 42.5 Å². The van der Waals surface area contributed by atoms with Crippen LogP contribution in [-0.4, -0.2) is 37.8 Å². The van der Waals surface area contributed by atoms with Gasteiger partial charge in [-0.15, -0.1) is 0 Å². The van der Waals surface area contributed by atoms with Crippen LogP contribution in [0.1, 0.15) is 26.3 Å². The molecule has 0 radical (unpaired) electrons. The van der Waals surface area contributed by atoms with Gasteiger partial charge in [0.1, 0.15) is 5.75 Å². The van der Waals surface area contributed by atoms with E-state index in [0.29, 0.717) is 41.7 Å². The van der Waals surface area contributed by atoms with Crippen molar-refractivity contribution in [3.8, 4) is 23.3 Å². The van der Waals surface area contributed by atoms with Crippen molar-refractivity contribution in [1.82, 2.24) is 0 Å². The monoisotopic (exact) mass is 412 g/mol. The Hall–Kier alpha value is -3.73. The van der Waals surface area contributed by atoms with E-state index in [2.05, 4.69) is 5.32 Å². The molecule has 8 nitrogen and oxygen atoms in total.